The molecule has 9 heteroatoms. The number of benzene rings is 2. The zero-order chi connectivity index (χ0) is 30.7. The molecule has 0 radical (unpaired) electrons. The molecule has 1 saturated carbocycles. The van der Waals surface area contributed by atoms with E-state index in [1.54, 1.807) is 0 Å². The Bertz CT molecular complexity index is 1280. The van der Waals surface area contributed by atoms with Crippen LogP contribution in [0, 0.1) is 0 Å². The quantitative estimate of drug-likeness (QED) is 0.0979. The van der Waals surface area contributed by atoms with Gasteiger partial charge in [0, 0.05) is 62.0 Å². The fourth-order valence-electron chi connectivity index (χ4n) is 6.19. The first kappa shape index (κ1) is 31.2. The highest BCUT2D eigenvalue weighted by Gasteiger charge is 2.54. The number of rotatable bonds is 16. The van der Waals surface area contributed by atoms with E-state index in [4.69, 9.17) is 19.9 Å². The summed E-state index contributed by atoms with van der Waals surface area (Å²) in [5.74, 6) is 3.22. The van der Waals surface area contributed by atoms with Crippen LogP contribution in [-0.2, 0) is 0 Å². The topological polar surface area (TPSA) is 120 Å². The van der Waals surface area contributed by atoms with E-state index in [9.17, 15) is 5.11 Å². The minimum Gasteiger partial charge on any atom is -0.395 e. The van der Waals surface area contributed by atoms with Gasteiger partial charge in [0.25, 0.3) is 0 Å². The molecule has 0 saturated heterocycles. The number of aliphatic hydroxyl groups is 1. The second-order valence-corrected chi connectivity index (χ2v) is 11.4. The third kappa shape index (κ3) is 7.27. The minimum absolute atomic E-state index is 0.0261. The molecule has 9 nitrogen and oxygen atoms in total. The molecule has 2 atom stereocenters. The molecule has 1 fully saturated rings. The SMILES string of the molecule is CCCNc1cc(C2[C@H](c3ccccc3)C(c3cc(NCCO)nc(NCCC)n3)[C@H]2c2ccccc2)nc(NCCC)n1. The van der Waals surface area contributed by atoms with Gasteiger partial charge in [0.05, 0.1) is 18.0 Å². The van der Waals surface area contributed by atoms with Crippen molar-refractivity contribution in [3.63, 3.8) is 0 Å². The molecule has 0 aliphatic heterocycles. The largest absolute Gasteiger partial charge is 0.395 e. The Labute approximate surface area is 261 Å². The highest BCUT2D eigenvalue weighted by atomic mass is 16.3. The van der Waals surface area contributed by atoms with E-state index in [-0.39, 0.29) is 30.3 Å². The monoisotopic (exact) mass is 594 g/mol. The van der Waals surface area contributed by atoms with Crippen LogP contribution in [0.5, 0.6) is 0 Å². The lowest BCUT2D eigenvalue weighted by Crippen LogP contribution is -2.41. The number of aromatic nitrogens is 4. The molecule has 4 aromatic rings. The standard InChI is InChI=1S/C35H46N8O/c1-4-17-36-28-22-26(40-34(42-28)38-18-5-2)32-30(24-13-9-7-10-14-24)33(31(32)25-15-11-8-12-16-25)27-23-29(37-20-21-44)43-35(41-27)39-19-6-3/h7-16,22-23,30-33,44H,4-6,17-21H2,1-3H3,(H2,36,38,40,42)(H2,37,39,41,43)/t30-,31-,32?,33?/m0/s1. The predicted molar refractivity (Wildman–Crippen MR) is 180 cm³/mol. The summed E-state index contributed by atoms with van der Waals surface area (Å²) in [6.07, 6.45) is 2.97. The van der Waals surface area contributed by atoms with Crippen molar-refractivity contribution < 1.29 is 5.11 Å². The van der Waals surface area contributed by atoms with E-state index in [0.29, 0.717) is 24.3 Å². The van der Waals surface area contributed by atoms with Crippen molar-refractivity contribution in [1.29, 1.82) is 0 Å². The molecule has 0 unspecified atom stereocenters. The average molecular weight is 595 g/mol. The predicted octanol–water partition coefficient (Wildman–Crippen LogP) is 6.59. The number of nitrogens with zero attached hydrogens (tertiary/aromatic N) is 4. The van der Waals surface area contributed by atoms with Gasteiger partial charge in [0.1, 0.15) is 11.6 Å². The fraction of sp³-hybridized carbons (Fsp3) is 0.429. The Morgan fingerprint density at radius 3 is 1.34 bits per heavy atom. The van der Waals surface area contributed by atoms with E-state index in [2.05, 4.69) is 115 Å². The van der Waals surface area contributed by atoms with E-state index in [1.165, 1.54) is 11.1 Å². The van der Waals surface area contributed by atoms with Crippen LogP contribution in [-0.4, -0.2) is 57.8 Å². The average Bonchev–Trinajstić information content (AvgIpc) is 3.05. The lowest BCUT2D eigenvalue weighted by atomic mass is 9.50. The van der Waals surface area contributed by atoms with Gasteiger partial charge in [-0.3, -0.25) is 0 Å². The summed E-state index contributed by atoms with van der Waals surface area (Å²) in [6.45, 7) is 9.32. The van der Waals surface area contributed by atoms with Gasteiger partial charge < -0.3 is 26.4 Å². The molecule has 2 aromatic heterocycles. The van der Waals surface area contributed by atoms with Crippen LogP contribution in [0.3, 0.4) is 0 Å². The molecule has 5 rings (SSSR count). The first-order valence-corrected chi connectivity index (χ1v) is 16.1. The Morgan fingerprint density at radius 1 is 0.523 bits per heavy atom. The van der Waals surface area contributed by atoms with E-state index >= 15 is 0 Å². The summed E-state index contributed by atoms with van der Waals surface area (Å²) in [5.41, 5.74) is 4.51. The molecule has 1 aliphatic rings. The molecule has 5 N–H and O–H groups in total. The van der Waals surface area contributed by atoms with Crippen molar-refractivity contribution in [2.24, 2.45) is 0 Å². The molecule has 2 heterocycles. The number of anilines is 4. The van der Waals surface area contributed by atoms with Gasteiger partial charge in [-0.05, 0) is 30.4 Å². The van der Waals surface area contributed by atoms with Crippen LogP contribution in [0.15, 0.2) is 72.8 Å². The minimum atomic E-state index is 0.0261. The molecule has 44 heavy (non-hydrogen) atoms. The third-order valence-corrected chi connectivity index (χ3v) is 8.13. The van der Waals surface area contributed by atoms with Crippen LogP contribution in [0.2, 0.25) is 0 Å². The molecular weight excluding hydrogens is 548 g/mol. The summed E-state index contributed by atoms with van der Waals surface area (Å²) in [4.78, 5) is 19.8. The number of nitrogens with one attached hydrogen (secondary N) is 4. The van der Waals surface area contributed by atoms with Gasteiger partial charge in [-0.1, -0.05) is 81.4 Å². The van der Waals surface area contributed by atoms with Gasteiger partial charge in [0.2, 0.25) is 11.9 Å². The van der Waals surface area contributed by atoms with Crippen molar-refractivity contribution in [3.05, 3.63) is 95.3 Å². The van der Waals surface area contributed by atoms with Crippen LogP contribution >= 0.6 is 0 Å². The van der Waals surface area contributed by atoms with Crippen molar-refractivity contribution >= 4 is 23.5 Å². The summed E-state index contributed by atoms with van der Waals surface area (Å²) in [7, 11) is 0. The van der Waals surface area contributed by atoms with E-state index in [1.807, 2.05) is 0 Å². The summed E-state index contributed by atoms with van der Waals surface area (Å²) < 4.78 is 0. The smallest absolute Gasteiger partial charge is 0.224 e. The number of hydrogen-bond donors (Lipinski definition) is 5. The highest BCUT2D eigenvalue weighted by molar-refractivity contribution is 5.52. The molecule has 0 bridgehead atoms. The summed E-state index contributed by atoms with van der Waals surface area (Å²) in [5, 5.41) is 23.2. The maximum atomic E-state index is 9.53. The summed E-state index contributed by atoms with van der Waals surface area (Å²) in [6, 6.07) is 25.7. The number of hydrogen-bond acceptors (Lipinski definition) is 9. The van der Waals surface area contributed by atoms with E-state index in [0.717, 1.165) is 56.1 Å². The Morgan fingerprint density at radius 2 is 0.932 bits per heavy atom. The Balaban J connectivity index is 1.67. The Kier molecular flexibility index (Phi) is 11.0. The van der Waals surface area contributed by atoms with Gasteiger partial charge in [-0.25, -0.2) is 9.97 Å². The molecular formula is C35H46N8O. The third-order valence-electron chi connectivity index (χ3n) is 8.13. The van der Waals surface area contributed by atoms with Crippen molar-refractivity contribution in [2.45, 2.75) is 63.7 Å². The first-order chi connectivity index (χ1) is 21.7. The summed E-state index contributed by atoms with van der Waals surface area (Å²) >= 11 is 0. The van der Waals surface area contributed by atoms with Crippen LogP contribution < -0.4 is 21.3 Å². The fourth-order valence-corrected chi connectivity index (χ4v) is 6.19. The number of aliphatic hydroxyl groups excluding tert-OH is 1. The molecule has 0 spiro atoms. The van der Waals surface area contributed by atoms with Gasteiger partial charge in [-0.15, -0.1) is 0 Å². The lowest BCUT2D eigenvalue weighted by Gasteiger charge is -2.52. The lowest BCUT2D eigenvalue weighted by molar-refractivity contribution is 0.220. The first-order valence-electron chi connectivity index (χ1n) is 16.1. The zero-order valence-corrected chi connectivity index (χ0v) is 26.1. The second-order valence-electron chi connectivity index (χ2n) is 11.4. The highest BCUT2D eigenvalue weighted by Crippen LogP contribution is 2.66. The van der Waals surface area contributed by atoms with Crippen molar-refractivity contribution in [2.75, 3.05) is 54.1 Å². The second kappa shape index (κ2) is 15.5. The maximum Gasteiger partial charge on any atom is 0.224 e. The van der Waals surface area contributed by atoms with Crippen molar-refractivity contribution in [1.82, 2.24) is 19.9 Å². The van der Waals surface area contributed by atoms with Crippen LogP contribution in [0.1, 0.15) is 86.2 Å². The molecule has 232 valence electrons. The van der Waals surface area contributed by atoms with Gasteiger partial charge in [0.15, 0.2) is 0 Å². The van der Waals surface area contributed by atoms with Crippen molar-refractivity contribution in [3.8, 4) is 0 Å². The van der Waals surface area contributed by atoms with Crippen LogP contribution in [0.25, 0.3) is 0 Å². The van der Waals surface area contributed by atoms with Gasteiger partial charge >= 0.3 is 0 Å². The van der Waals surface area contributed by atoms with E-state index < -0.39 is 0 Å². The molecule has 1 aliphatic carbocycles. The maximum absolute atomic E-state index is 9.53. The molecule has 2 aromatic carbocycles. The van der Waals surface area contributed by atoms with Crippen LogP contribution in [0.4, 0.5) is 23.5 Å². The normalized spacial score (nSPS) is 19.2. The van der Waals surface area contributed by atoms with Gasteiger partial charge in [-0.2, -0.15) is 9.97 Å². The Hall–Kier alpha value is -4.24. The zero-order valence-electron chi connectivity index (χ0n) is 26.1. The molecule has 0 amide bonds.